The van der Waals surface area contributed by atoms with E-state index in [9.17, 15) is 4.79 Å². The molecule has 1 aliphatic heterocycles. The number of allylic oxidation sites excluding steroid dienone is 2. The summed E-state index contributed by atoms with van der Waals surface area (Å²) in [4.78, 5) is 13.1. The molecule has 0 aromatic carbocycles. The predicted octanol–water partition coefficient (Wildman–Crippen LogP) is 7.32. The molecule has 1 heterocycles. The van der Waals surface area contributed by atoms with Crippen molar-refractivity contribution in [3.8, 4) is 0 Å². The van der Waals surface area contributed by atoms with Crippen LogP contribution in [-0.2, 0) is 9.53 Å². The van der Waals surface area contributed by atoms with Crippen LogP contribution in [0.4, 0.5) is 0 Å². The fourth-order valence-corrected chi connectivity index (χ4v) is 2.85. The van der Waals surface area contributed by atoms with Crippen molar-refractivity contribution in [1.29, 1.82) is 0 Å². The van der Waals surface area contributed by atoms with E-state index in [1.165, 1.54) is 70.6 Å². The van der Waals surface area contributed by atoms with Crippen molar-refractivity contribution in [3.63, 3.8) is 0 Å². The Labute approximate surface area is 174 Å². The van der Waals surface area contributed by atoms with Gasteiger partial charge in [0, 0.05) is 18.3 Å². The summed E-state index contributed by atoms with van der Waals surface area (Å²) < 4.78 is 5.06. The van der Waals surface area contributed by atoms with E-state index in [0.717, 1.165) is 13.0 Å². The molecule has 0 aromatic rings. The van der Waals surface area contributed by atoms with Gasteiger partial charge in [-0.25, -0.2) is 4.79 Å². The maximum absolute atomic E-state index is 11.1. The molecule has 28 heavy (non-hydrogen) atoms. The number of carbonyl (C=O) groups excluding carboxylic acids is 1. The molecule has 1 aliphatic rings. The molecule has 0 bridgehead atoms. The molecule has 0 aliphatic carbocycles. The van der Waals surface area contributed by atoms with E-state index in [0.29, 0.717) is 12.2 Å². The zero-order chi connectivity index (χ0) is 20.9. The standard InChI is InChI=1S/C18H34O2.C7H9N/c1-4-5-6-7-8-9-10-11-12-13-14-15-16-20-18(19)17(2)3;1-2-8-6-4-3-5-7-8/h2,4-16H2,1,3H3;2-6H,1,7H2. The first-order chi connectivity index (χ1) is 13.6. The van der Waals surface area contributed by atoms with Gasteiger partial charge in [-0.1, -0.05) is 103 Å². The van der Waals surface area contributed by atoms with Crippen LogP contribution >= 0.6 is 0 Å². The van der Waals surface area contributed by atoms with Gasteiger partial charge in [-0.05, 0) is 25.6 Å². The highest BCUT2D eigenvalue weighted by Crippen LogP contribution is 2.12. The molecule has 0 saturated heterocycles. The predicted molar refractivity (Wildman–Crippen MR) is 122 cm³/mol. The van der Waals surface area contributed by atoms with Gasteiger partial charge in [0.2, 0.25) is 0 Å². The molecule has 0 atom stereocenters. The summed E-state index contributed by atoms with van der Waals surface area (Å²) in [6, 6.07) is 0. The first-order valence-corrected chi connectivity index (χ1v) is 11.2. The van der Waals surface area contributed by atoms with Crippen molar-refractivity contribution in [2.75, 3.05) is 13.2 Å². The Hall–Kier alpha value is -1.77. The molecule has 0 amide bonds. The average Bonchev–Trinajstić information content (AvgIpc) is 2.72. The Morgan fingerprint density at radius 1 is 0.964 bits per heavy atom. The van der Waals surface area contributed by atoms with Crippen LogP contribution in [-0.4, -0.2) is 24.0 Å². The van der Waals surface area contributed by atoms with Crippen molar-refractivity contribution in [3.05, 3.63) is 49.4 Å². The monoisotopic (exact) mass is 389 g/mol. The summed E-state index contributed by atoms with van der Waals surface area (Å²) >= 11 is 0. The van der Waals surface area contributed by atoms with Crippen molar-refractivity contribution in [1.82, 2.24) is 4.90 Å². The summed E-state index contributed by atoms with van der Waals surface area (Å²) in [6.07, 6.45) is 25.8. The molecular formula is C25H43NO2. The highest BCUT2D eigenvalue weighted by Gasteiger charge is 2.01. The Morgan fingerprint density at radius 2 is 1.50 bits per heavy atom. The van der Waals surface area contributed by atoms with Crippen molar-refractivity contribution < 1.29 is 9.53 Å². The minimum atomic E-state index is -0.256. The highest BCUT2D eigenvalue weighted by molar-refractivity contribution is 5.86. The van der Waals surface area contributed by atoms with Gasteiger partial charge >= 0.3 is 5.97 Å². The van der Waals surface area contributed by atoms with Crippen LogP contribution in [0.25, 0.3) is 0 Å². The molecule has 0 spiro atoms. The van der Waals surface area contributed by atoms with Crippen LogP contribution < -0.4 is 0 Å². The molecule has 0 saturated carbocycles. The molecule has 0 N–H and O–H groups in total. The molecule has 0 aromatic heterocycles. The maximum Gasteiger partial charge on any atom is 0.333 e. The second-order valence-corrected chi connectivity index (χ2v) is 7.45. The van der Waals surface area contributed by atoms with E-state index in [2.05, 4.69) is 26.2 Å². The fourth-order valence-electron chi connectivity index (χ4n) is 2.85. The zero-order valence-corrected chi connectivity index (χ0v) is 18.5. The topological polar surface area (TPSA) is 29.5 Å². The van der Waals surface area contributed by atoms with E-state index in [1.54, 1.807) is 13.1 Å². The van der Waals surface area contributed by atoms with E-state index in [-0.39, 0.29) is 5.97 Å². The minimum Gasteiger partial charge on any atom is -0.462 e. The number of hydrogen-bond acceptors (Lipinski definition) is 3. The number of unbranched alkanes of at least 4 members (excludes halogenated alkanes) is 11. The van der Waals surface area contributed by atoms with E-state index in [1.807, 2.05) is 23.3 Å². The number of rotatable bonds is 15. The molecule has 3 heteroatoms. The third kappa shape index (κ3) is 17.6. The molecule has 0 unspecified atom stereocenters. The Kier molecular flexibility index (Phi) is 18.7. The Morgan fingerprint density at radius 3 is 1.89 bits per heavy atom. The minimum absolute atomic E-state index is 0.256. The first kappa shape index (κ1) is 26.2. The summed E-state index contributed by atoms with van der Waals surface area (Å²) in [6.45, 7) is 12.6. The molecule has 1 rings (SSSR count). The van der Waals surface area contributed by atoms with E-state index >= 15 is 0 Å². The van der Waals surface area contributed by atoms with E-state index in [4.69, 9.17) is 4.74 Å². The lowest BCUT2D eigenvalue weighted by Crippen LogP contribution is -2.09. The van der Waals surface area contributed by atoms with Gasteiger partial charge in [0.15, 0.2) is 0 Å². The highest BCUT2D eigenvalue weighted by atomic mass is 16.5. The lowest BCUT2D eigenvalue weighted by Gasteiger charge is -2.13. The maximum atomic E-state index is 11.1. The van der Waals surface area contributed by atoms with Gasteiger partial charge in [0.25, 0.3) is 0 Å². The number of nitrogens with zero attached hydrogens (tertiary/aromatic N) is 1. The second-order valence-electron chi connectivity index (χ2n) is 7.45. The quantitative estimate of drug-likeness (QED) is 0.167. The van der Waals surface area contributed by atoms with E-state index < -0.39 is 0 Å². The number of carbonyl (C=O) groups is 1. The Bertz CT molecular complexity index is 465. The molecule has 160 valence electrons. The summed E-state index contributed by atoms with van der Waals surface area (Å²) in [7, 11) is 0. The smallest absolute Gasteiger partial charge is 0.333 e. The third-order valence-corrected chi connectivity index (χ3v) is 4.65. The molecule has 0 radical (unpaired) electrons. The summed E-state index contributed by atoms with van der Waals surface area (Å²) in [5.74, 6) is -0.256. The third-order valence-electron chi connectivity index (χ3n) is 4.65. The zero-order valence-electron chi connectivity index (χ0n) is 18.5. The van der Waals surface area contributed by atoms with Gasteiger partial charge in [0.05, 0.1) is 6.61 Å². The van der Waals surface area contributed by atoms with Crippen LogP contribution in [0.2, 0.25) is 0 Å². The van der Waals surface area contributed by atoms with Crippen LogP contribution in [0.1, 0.15) is 90.9 Å². The van der Waals surface area contributed by atoms with Gasteiger partial charge in [-0.2, -0.15) is 0 Å². The average molecular weight is 390 g/mol. The molecule has 0 fully saturated rings. The van der Waals surface area contributed by atoms with Crippen molar-refractivity contribution >= 4 is 5.97 Å². The van der Waals surface area contributed by atoms with Gasteiger partial charge in [-0.15, -0.1) is 0 Å². The number of esters is 1. The number of hydrogen-bond donors (Lipinski definition) is 0. The second kappa shape index (κ2) is 20.0. The van der Waals surface area contributed by atoms with Crippen molar-refractivity contribution in [2.24, 2.45) is 0 Å². The van der Waals surface area contributed by atoms with Crippen LogP contribution in [0, 0.1) is 0 Å². The van der Waals surface area contributed by atoms with Crippen LogP contribution in [0.3, 0.4) is 0 Å². The molecule has 3 nitrogen and oxygen atoms in total. The first-order valence-electron chi connectivity index (χ1n) is 11.2. The largest absolute Gasteiger partial charge is 0.462 e. The summed E-state index contributed by atoms with van der Waals surface area (Å²) in [5, 5.41) is 0. The van der Waals surface area contributed by atoms with Crippen molar-refractivity contribution in [2.45, 2.75) is 90.9 Å². The SMILES string of the molecule is C=C(C)C(=O)OCCCCCCCCCCCCCC.C=CN1C=CC=CC1. The normalized spacial score (nSPS) is 12.3. The van der Waals surface area contributed by atoms with Gasteiger partial charge in [-0.3, -0.25) is 0 Å². The Balaban J connectivity index is 0.000000749. The van der Waals surface area contributed by atoms with Crippen LogP contribution in [0.5, 0.6) is 0 Å². The molecular weight excluding hydrogens is 346 g/mol. The lowest BCUT2D eigenvalue weighted by molar-refractivity contribution is -0.139. The number of ether oxygens (including phenoxy) is 1. The van der Waals surface area contributed by atoms with Crippen LogP contribution in [0.15, 0.2) is 49.4 Å². The van der Waals surface area contributed by atoms with Gasteiger partial charge < -0.3 is 9.64 Å². The van der Waals surface area contributed by atoms with Gasteiger partial charge in [0.1, 0.15) is 0 Å². The lowest BCUT2D eigenvalue weighted by atomic mass is 10.1. The summed E-state index contributed by atoms with van der Waals surface area (Å²) in [5.41, 5.74) is 0.490. The fraction of sp³-hybridized carbons (Fsp3) is 0.640.